The van der Waals surface area contributed by atoms with E-state index >= 15 is 0 Å². The highest BCUT2D eigenvalue weighted by Gasteiger charge is 2.15. The Morgan fingerprint density at radius 3 is 2.76 bits per heavy atom. The molecule has 0 unspecified atom stereocenters. The summed E-state index contributed by atoms with van der Waals surface area (Å²) in [6, 6.07) is 3.07. The van der Waals surface area contributed by atoms with Crippen molar-refractivity contribution in [1.29, 1.82) is 0 Å². The van der Waals surface area contributed by atoms with Crippen LogP contribution in [0.1, 0.15) is 0 Å². The molecule has 0 aromatic carbocycles. The molecular weight excluding hydrogens is 328 g/mol. The third-order valence-electron chi connectivity index (χ3n) is 1.73. The number of rotatable bonds is 5. The molecule has 1 heterocycles. The first-order valence-electron chi connectivity index (χ1n) is 4.54. The van der Waals surface area contributed by atoms with Crippen LogP contribution in [0.2, 0.25) is 0 Å². The highest BCUT2D eigenvalue weighted by molar-refractivity contribution is 9.10. The second kappa shape index (κ2) is 6.24. The topological polar surface area (TPSA) is 97.1 Å². The van der Waals surface area contributed by atoms with E-state index in [1.807, 2.05) is 0 Å². The van der Waals surface area contributed by atoms with E-state index in [1.165, 1.54) is 12.3 Å². The lowest BCUT2D eigenvalue weighted by atomic mass is 10.5. The Kier molecular flexibility index (Phi) is 5.25. The molecule has 0 atom stereocenters. The van der Waals surface area contributed by atoms with Gasteiger partial charge in [-0.1, -0.05) is 0 Å². The van der Waals surface area contributed by atoms with Gasteiger partial charge >= 0.3 is 0 Å². The second-order valence-electron chi connectivity index (χ2n) is 3.05. The maximum Gasteiger partial charge on any atom is 0.196 e. The Balaban J connectivity index is 2.57. The molecule has 6 nitrogen and oxygen atoms in total. The molecule has 94 valence electrons. The van der Waals surface area contributed by atoms with Gasteiger partial charge in [0.05, 0.1) is 5.75 Å². The molecule has 0 radical (unpaired) electrons. The zero-order chi connectivity index (χ0) is 12.9. The van der Waals surface area contributed by atoms with E-state index in [2.05, 4.69) is 44.0 Å². The van der Waals surface area contributed by atoms with Gasteiger partial charge in [-0.05, 0) is 40.3 Å². The lowest BCUT2D eigenvalue weighted by Gasteiger charge is -2.06. The number of hydrogen-bond acceptors (Lipinski definition) is 5. The van der Waals surface area contributed by atoms with Crippen LogP contribution in [0.25, 0.3) is 0 Å². The van der Waals surface area contributed by atoms with Crippen LogP contribution in [0.3, 0.4) is 0 Å². The Labute approximate surface area is 113 Å². The Hall–Kier alpha value is -0.770. The molecule has 0 amide bonds. The van der Waals surface area contributed by atoms with Crippen molar-refractivity contribution in [1.82, 2.24) is 15.8 Å². The largest absolute Gasteiger partial charge is 0.375 e. The minimum Gasteiger partial charge on any atom is -0.375 e. The van der Waals surface area contributed by atoms with Gasteiger partial charge in [-0.2, -0.15) is 0 Å². The molecule has 0 aliphatic rings. The van der Waals surface area contributed by atoms with Crippen LogP contribution in [-0.2, 0) is 9.84 Å². The Bertz CT molecular complexity index is 489. The van der Waals surface area contributed by atoms with Crippen molar-refractivity contribution in [3.63, 3.8) is 0 Å². The maximum atomic E-state index is 11.8. The first kappa shape index (κ1) is 14.3. The molecule has 0 saturated heterocycles. The fourth-order valence-corrected chi connectivity index (χ4v) is 2.36. The smallest absolute Gasteiger partial charge is 0.196 e. The third-order valence-corrected chi connectivity index (χ3v) is 3.92. The predicted molar refractivity (Wildman–Crippen MR) is 71.9 cm³/mol. The molecule has 0 aliphatic heterocycles. The summed E-state index contributed by atoms with van der Waals surface area (Å²) < 4.78 is 24.3. The second-order valence-corrected chi connectivity index (χ2v) is 6.46. The normalized spacial score (nSPS) is 11.1. The highest BCUT2D eigenvalue weighted by Crippen LogP contribution is 2.12. The minimum atomic E-state index is -3.39. The first-order chi connectivity index (χ1) is 7.92. The number of nitrogens with one attached hydrogen (secondary N) is 2. The first-order valence-corrected chi connectivity index (χ1v) is 7.40. The summed E-state index contributed by atoms with van der Waals surface area (Å²) >= 11 is 7.73. The van der Waals surface area contributed by atoms with Crippen molar-refractivity contribution in [2.24, 2.45) is 5.73 Å². The highest BCUT2D eigenvalue weighted by atomic mass is 79.9. The van der Waals surface area contributed by atoms with E-state index in [4.69, 9.17) is 5.73 Å². The molecule has 9 heteroatoms. The summed E-state index contributed by atoms with van der Waals surface area (Å²) in [7, 11) is -3.39. The molecule has 0 fully saturated rings. The number of thiocarbonyl (C=S) groups is 1. The standard InChI is InChI=1S/C8H11BrN4O2S2/c9-6-1-2-7(11-5-6)17(14,15)4-3-12-13-8(10)16/h1-2,5,12H,3-4H2,(H3,10,13,16). The van der Waals surface area contributed by atoms with Gasteiger partial charge in [0.15, 0.2) is 20.0 Å². The van der Waals surface area contributed by atoms with Crippen LogP contribution >= 0.6 is 28.1 Å². The summed E-state index contributed by atoms with van der Waals surface area (Å²) in [4.78, 5) is 3.83. The van der Waals surface area contributed by atoms with Crippen molar-refractivity contribution in [2.75, 3.05) is 12.3 Å². The van der Waals surface area contributed by atoms with E-state index in [0.29, 0.717) is 0 Å². The van der Waals surface area contributed by atoms with Crippen molar-refractivity contribution in [3.8, 4) is 0 Å². The predicted octanol–water partition coefficient (Wildman–Crippen LogP) is -0.0444. The van der Waals surface area contributed by atoms with Crippen LogP contribution in [0.5, 0.6) is 0 Å². The molecular formula is C8H11BrN4O2S2. The Morgan fingerprint density at radius 1 is 1.53 bits per heavy atom. The van der Waals surface area contributed by atoms with Gasteiger partial charge in [-0.25, -0.2) is 18.8 Å². The lowest BCUT2D eigenvalue weighted by Crippen LogP contribution is -2.42. The molecule has 0 aliphatic carbocycles. The van der Waals surface area contributed by atoms with Gasteiger partial charge in [0, 0.05) is 17.2 Å². The zero-order valence-electron chi connectivity index (χ0n) is 8.68. The quantitative estimate of drug-likeness (QED) is 0.393. The van der Waals surface area contributed by atoms with E-state index in [1.54, 1.807) is 6.07 Å². The van der Waals surface area contributed by atoms with Crippen LogP contribution in [0.15, 0.2) is 27.8 Å². The average Bonchev–Trinajstić information content (AvgIpc) is 2.25. The van der Waals surface area contributed by atoms with Crippen LogP contribution in [0, 0.1) is 0 Å². The summed E-state index contributed by atoms with van der Waals surface area (Å²) in [5.74, 6) is -0.1000. The molecule has 1 aromatic rings. The van der Waals surface area contributed by atoms with E-state index in [9.17, 15) is 8.42 Å². The number of halogens is 1. The van der Waals surface area contributed by atoms with Crippen LogP contribution in [-0.4, -0.2) is 30.8 Å². The third kappa shape index (κ3) is 4.94. The lowest BCUT2D eigenvalue weighted by molar-refractivity contribution is 0.584. The minimum absolute atomic E-state index is 0.0397. The number of hydrogen-bond donors (Lipinski definition) is 3. The monoisotopic (exact) mass is 338 g/mol. The zero-order valence-corrected chi connectivity index (χ0v) is 11.9. The summed E-state index contributed by atoms with van der Waals surface area (Å²) in [6.45, 7) is 0.178. The van der Waals surface area contributed by atoms with Gasteiger partial charge in [-0.3, -0.25) is 5.43 Å². The number of sulfone groups is 1. The number of nitrogens with zero attached hydrogens (tertiary/aromatic N) is 1. The molecule has 1 rings (SSSR count). The van der Waals surface area contributed by atoms with Crippen molar-refractivity contribution in [2.45, 2.75) is 5.03 Å². The average molecular weight is 339 g/mol. The molecule has 0 bridgehead atoms. The van der Waals surface area contributed by atoms with Gasteiger partial charge < -0.3 is 5.73 Å². The number of hydrazine groups is 1. The van der Waals surface area contributed by atoms with Crippen molar-refractivity contribution < 1.29 is 8.42 Å². The van der Waals surface area contributed by atoms with E-state index < -0.39 is 9.84 Å². The molecule has 0 saturated carbocycles. The molecule has 1 aromatic heterocycles. The van der Waals surface area contributed by atoms with Gasteiger partial charge in [0.2, 0.25) is 0 Å². The van der Waals surface area contributed by atoms with Crippen LogP contribution in [0.4, 0.5) is 0 Å². The fraction of sp³-hybridized carbons (Fsp3) is 0.250. The summed E-state index contributed by atoms with van der Waals surface area (Å²) in [5, 5.41) is 0.0991. The van der Waals surface area contributed by atoms with Crippen molar-refractivity contribution >= 4 is 43.1 Å². The summed E-state index contributed by atoms with van der Waals surface area (Å²) in [6.07, 6.45) is 1.44. The Morgan fingerprint density at radius 2 is 2.24 bits per heavy atom. The number of pyridine rings is 1. The van der Waals surface area contributed by atoms with Crippen LogP contribution < -0.4 is 16.6 Å². The van der Waals surface area contributed by atoms with E-state index in [0.717, 1.165) is 4.47 Å². The number of aromatic nitrogens is 1. The maximum absolute atomic E-state index is 11.8. The van der Waals surface area contributed by atoms with Gasteiger partial charge in [0.25, 0.3) is 0 Å². The number of nitrogens with two attached hydrogens (primary N) is 1. The molecule has 4 N–H and O–H groups in total. The van der Waals surface area contributed by atoms with Gasteiger partial charge in [0.1, 0.15) is 0 Å². The summed E-state index contributed by atoms with van der Waals surface area (Å²) in [5.41, 5.74) is 10.2. The van der Waals surface area contributed by atoms with Crippen molar-refractivity contribution in [3.05, 3.63) is 22.8 Å². The fourth-order valence-electron chi connectivity index (χ4n) is 0.986. The molecule has 0 spiro atoms. The van der Waals surface area contributed by atoms with E-state index in [-0.39, 0.29) is 22.4 Å². The van der Waals surface area contributed by atoms with Gasteiger partial charge in [-0.15, -0.1) is 0 Å². The molecule has 17 heavy (non-hydrogen) atoms. The SMILES string of the molecule is NC(=S)NNCCS(=O)(=O)c1ccc(Br)cn1.